The van der Waals surface area contributed by atoms with E-state index in [2.05, 4.69) is 10.6 Å². The van der Waals surface area contributed by atoms with Crippen LogP contribution >= 0.6 is 0 Å². The van der Waals surface area contributed by atoms with Crippen molar-refractivity contribution in [2.75, 3.05) is 17.2 Å². The second kappa shape index (κ2) is 8.87. The Kier molecular flexibility index (Phi) is 6.57. The van der Waals surface area contributed by atoms with Crippen LogP contribution in [0, 0.1) is 5.92 Å². The highest BCUT2D eigenvalue weighted by Gasteiger charge is 2.11. The van der Waals surface area contributed by atoms with E-state index in [9.17, 15) is 9.59 Å². The summed E-state index contributed by atoms with van der Waals surface area (Å²) in [5.74, 6) is 0.502. The van der Waals surface area contributed by atoms with Crippen LogP contribution in [0.1, 0.15) is 37.6 Å². The van der Waals surface area contributed by atoms with Crippen LogP contribution in [-0.2, 0) is 4.79 Å². The van der Waals surface area contributed by atoms with Crippen molar-refractivity contribution in [2.24, 2.45) is 5.92 Å². The summed E-state index contributed by atoms with van der Waals surface area (Å²) >= 11 is 0. The van der Waals surface area contributed by atoms with E-state index in [0.29, 0.717) is 23.5 Å². The van der Waals surface area contributed by atoms with Crippen molar-refractivity contribution in [1.29, 1.82) is 0 Å². The lowest BCUT2D eigenvalue weighted by Crippen LogP contribution is -2.19. The first-order valence-corrected chi connectivity index (χ1v) is 8.48. The van der Waals surface area contributed by atoms with Gasteiger partial charge >= 0.3 is 0 Å². The molecule has 132 valence electrons. The quantitative estimate of drug-likeness (QED) is 0.788. The molecule has 5 nitrogen and oxygen atoms in total. The van der Waals surface area contributed by atoms with E-state index in [4.69, 9.17) is 4.74 Å². The molecule has 2 aromatic carbocycles. The van der Waals surface area contributed by atoms with Gasteiger partial charge in [0.1, 0.15) is 5.75 Å². The highest BCUT2D eigenvalue weighted by molar-refractivity contribution is 6.04. The fraction of sp³-hybridized carbons (Fsp3) is 0.300. The Balaban J connectivity index is 1.96. The number of ether oxygens (including phenoxy) is 1. The van der Waals surface area contributed by atoms with Gasteiger partial charge < -0.3 is 15.4 Å². The summed E-state index contributed by atoms with van der Waals surface area (Å²) in [4.78, 5) is 24.2. The Bertz CT molecular complexity index is 709. The fourth-order valence-electron chi connectivity index (χ4n) is 2.16. The number of carbonyl (C=O) groups excluding carboxylic acids is 2. The van der Waals surface area contributed by atoms with Crippen molar-refractivity contribution >= 4 is 23.2 Å². The number of carbonyl (C=O) groups is 2. The first-order valence-electron chi connectivity index (χ1n) is 8.48. The molecule has 0 aromatic heterocycles. The normalized spacial score (nSPS) is 11.5. The van der Waals surface area contributed by atoms with E-state index in [1.165, 1.54) is 0 Å². The van der Waals surface area contributed by atoms with Crippen molar-refractivity contribution in [3.8, 4) is 5.75 Å². The molecule has 0 aliphatic carbocycles. The Hall–Kier alpha value is -2.82. The standard InChI is InChI=1S/C20H24N2O3/c1-4-14(3)19(23)21-16-8-6-15(7-9-16)20(24)22-17-10-12-18(13-11-17)25-5-2/h6-14H,4-5H2,1-3H3,(H,21,23)(H,22,24). The van der Waals surface area contributed by atoms with Crippen LogP contribution in [0.25, 0.3) is 0 Å². The Labute approximate surface area is 148 Å². The van der Waals surface area contributed by atoms with Crippen molar-refractivity contribution in [3.63, 3.8) is 0 Å². The van der Waals surface area contributed by atoms with Gasteiger partial charge in [0, 0.05) is 22.9 Å². The maximum absolute atomic E-state index is 12.3. The number of benzene rings is 2. The smallest absolute Gasteiger partial charge is 0.255 e. The summed E-state index contributed by atoms with van der Waals surface area (Å²) in [6, 6.07) is 14.1. The van der Waals surface area contributed by atoms with E-state index < -0.39 is 0 Å². The highest BCUT2D eigenvalue weighted by atomic mass is 16.5. The lowest BCUT2D eigenvalue weighted by molar-refractivity contribution is -0.119. The summed E-state index contributed by atoms with van der Waals surface area (Å²) in [6.07, 6.45) is 0.786. The topological polar surface area (TPSA) is 67.4 Å². The van der Waals surface area contributed by atoms with E-state index >= 15 is 0 Å². The number of hydrogen-bond acceptors (Lipinski definition) is 3. The van der Waals surface area contributed by atoms with Crippen LogP contribution in [0.3, 0.4) is 0 Å². The average molecular weight is 340 g/mol. The van der Waals surface area contributed by atoms with Gasteiger partial charge in [-0.2, -0.15) is 0 Å². The maximum atomic E-state index is 12.3. The van der Waals surface area contributed by atoms with Crippen molar-refractivity contribution in [2.45, 2.75) is 27.2 Å². The molecule has 2 aromatic rings. The predicted octanol–water partition coefficient (Wildman–Crippen LogP) is 4.32. The van der Waals surface area contributed by atoms with Gasteiger partial charge in [-0.15, -0.1) is 0 Å². The maximum Gasteiger partial charge on any atom is 0.255 e. The molecule has 0 heterocycles. The minimum atomic E-state index is -0.205. The molecule has 2 amide bonds. The largest absolute Gasteiger partial charge is 0.494 e. The molecule has 5 heteroatoms. The van der Waals surface area contributed by atoms with Gasteiger partial charge in [-0.1, -0.05) is 13.8 Å². The molecule has 0 radical (unpaired) electrons. The molecule has 0 aliphatic heterocycles. The number of hydrogen-bond donors (Lipinski definition) is 2. The zero-order chi connectivity index (χ0) is 18.2. The molecule has 0 saturated carbocycles. The first kappa shape index (κ1) is 18.5. The minimum absolute atomic E-state index is 0.0194. The zero-order valence-corrected chi connectivity index (χ0v) is 14.8. The molecule has 0 saturated heterocycles. The van der Waals surface area contributed by atoms with Gasteiger partial charge in [0.15, 0.2) is 0 Å². The molecule has 0 fully saturated rings. The van der Waals surface area contributed by atoms with Crippen molar-refractivity contribution in [1.82, 2.24) is 0 Å². The molecule has 0 bridgehead atoms. The third kappa shape index (κ3) is 5.35. The van der Waals surface area contributed by atoms with E-state index in [-0.39, 0.29) is 17.7 Å². The number of amides is 2. The van der Waals surface area contributed by atoms with E-state index in [0.717, 1.165) is 12.2 Å². The molecule has 0 aliphatic rings. The number of nitrogens with one attached hydrogen (secondary N) is 2. The van der Waals surface area contributed by atoms with Gasteiger partial charge in [0.05, 0.1) is 6.61 Å². The van der Waals surface area contributed by atoms with Gasteiger partial charge in [-0.05, 0) is 61.9 Å². The Morgan fingerprint density at radius 1 is 0.920 bits per heavy atom. The first-order chi connectivity index (χ1) is 12.0. The molecule has 1 atom stereocenters. The highest BCUT2D eigenvalue weighted by Crippen LogP contribution is 2.17. The monoisotopic (exact) mass is 340 g/mol. The fourth-order valence-corrected chi connectivity index (χ4v) is 2.16. The lowest BCUT2D eigenvalue weighted by atomic mass is 10.1. The molecule has 1 unspecified atom stereocenters. The van der Waals surface area contributed by atoms with Crippen LogP contribution < -0.4 is 15.4 Å². The third-order valence-electron chi connectivity index (χ3n) is 3.90. The lowest BCUT2D eigenvalue weighted by Gasteiger charge is -2.11. The predicted molar refractivity (Wildman–Crippen MR) is 100 cm³/mol. The van der Waals surface area contributed by atoms with Gasteiger partial charge in [-0.3, -0.25) is 9.59 Å². The average Bonchev–Trinajstić information content (AvgIpc) is 2.63. The summed E-state index contributed by atoms with van der Waals surface area (Å²) < 4.78 is 5.37. The molecule has 0 spiro atoms. The number of anilines is 2. The van der Waals surface area contributed by atoms with Crippen LogP contribution in [0.4, 0.5) is 11.4 Å². The van der Waals surface area contributed by atoms with Crippen LogP contribution in [0.5, 0.6) is 5.75 Å². The van der Waals surface area contributed by atoms with Gasteiger partial charge in [-0.25, -0.2) is 0 Å². The van der Waals surface area contributed by atoms with Crippen LogP contribution in [0.2, 0.25) is 0 Å². The summed E-state index contributed by atoms with van der Waals surface area (Å²) in [5.41, 5.74) is 1.90. The molecular weight excluding hydrogens is 316 g/mol. The van der Waals surface area contributed by atoms with Crippen LogP contribution in [0.15, 0.2) is 48.5 Å². The molecule has 2 rings (SSSR count). The van der Waals surface area contributed by atoms with E-state index in [1.807, 2.05) is 32.9 Å². The SMILES string of the molecule is CCOc1ccc(NC(=O)c2ccc(NC(=O)C(C)CC)cc2)cc1. The van der Waals surface area contributed by atoms with Crippen molar-refractivity contribution in [3.05, 3.63) is 54.1 Å². The Morgan fingerprint density at radius 3 is 2.04 bits per heavy atom. The summed E-state index contributed by atoms with van der Waals surface area (Å²) in [6.45, 7) is 6.38. The van der Waals surface area contributed by atoms with Crippen molar-refractivity contribution < 1.29 is 14.3 Å². The third-order valence-corrected chi connectivity index (χ3v) is 3.90. The molecule has 2 N–H and O–H groups in total. The second-order valence-electron chi connectivity index (χ2n) is 5.79. The van der Waals surface area contributed by atoms with E-state index in [1.54, 1.807) is 36.4 Å². The summed E-state index contributed by atoms with van der Waals surface area (Å²) in [7, 11) is 0. The number of rotatable bonds is 7. The second-order valence-corrected chi connectivity index (χ2v) is 5.79. The minimum Gasteiger partial charge on any atom is -0.494 e. The Morgan fingerprint density at radius 2 is 1.48 bits per heavy atom. The van der Waals surface area contributed by atoms with Gasteiger partial charge in [0.2, 0.25) is 5.91 Å². The molecular formula is C20H24N2O3. The van der Waals surface area contributed by atoms with Crippen LogP contribution in [-0.4, -0.2) is 18.4 Å². The molecule has 25 heavy (non-hydrogen) atoms. The van der Waals surface area contributed by atoms with Gasteiger partial charge in [0.25, 0.3) is 5.91 Å². The summed E-state index contributed by atoms with van der Waals surface area (Å²) in [5, 5.41) is 5.68. The zero-order valence-electron chi connectivity index (χ0n) is 14.8.